The van der Waals surface area contributed by atoms with Crippen LogP contribution in [0.25, 0.3) is 6.08 Å². The van der Waals surface area contributed by atoms with Crippen molar-refractivity contribution in [1.29, 1.82) is 0 Å². The average Bonchev–Trinajstić information content (AvgIpc) is 2.31. The Kier molecular flexibility index (Phi) is 5.30. The van der Waals surface area contributed by atoms with Gasteiger partial charge in [-0.15, -0.1) is 0 Å². The van der Waals surface area contributed by atoms with Crippen LogP contribution in [0.2, 0.25) is 0 Å². The zero-order valence-corrected chi connectivity index (χ0v) is 10.0. The van der Waals surface area contributed by atoms with Crippen LogP contribution in [0.3, 0.4) is 0 Å². The Hall–Kier alpha value is -1.74. The highest BCUT2D eigenvalue weighted by molar-refractivity contribution is 5.57. The summed E-state index contributed by atoms with van der Waals surface area (Å²) in [5.74, 6) is -0.224. The van der Waals surface area contributed by atoms with Crippen LogP contribution in [0.1, 0.15) is 18.4 Å². The summed E-state index contributed by atoms with van der Waals surface area (Å²) in [5.41, 5.74) is 1.84. The molecule has 0 atom stereocenters. The van der Waals surface area contributed by atoms with Gasteiger partial charge in [-0.25, -0.2) is 0 Å². The number of benzene rings is 1. The predicted molar refractivity (Wildman–Crippen MR) is 69.1 cm³/mol. The van der Waals surface area contributed by atoms with Crippen LogP contribution >= 0.6 is 0 Å². The van der Waals surface area contributed by atoms with E-state index >= 15 is 0 Å². The maximum Gasteiger partial charge on any atom is 0.157 e. The van der Waals surface area contributed by atoms with Crippen molar-refractivity contribution < 1.29 is 14.9 Å². The number of hydrogen-bond donors (Lipinski definition) is 2. The minimum atomic E-state index is -0.114. The van der Waals surface area contributed by atoms with Gasteiger partial charge >= 0.3 is 0 Å². The van der Waals surface area contributed by atoms with Crippen molar-refractivity contribution in [2.24, 2.45) is 0 Å². The molecule has 0 saturated heterocycles. The van der Waals surface area contributed by atoms with E-state index in [2.05, 4.69) is 6.58 Å². The second-order valence-corrected chi connectivity index (χ2v) is 3.84. The van der Waals surface area contributed by atoms with E-state index in [1.54, 1.807) is 13.2 Å². The first-order chi connectivity index (χ1) is 8.13. The zero-order valence-electron chi connectivity index (χ0n) is 10.0. The highest BCUT2D eigenvalue weighted by atomic mass is 16.5. The fourth-order valence-electron chi connectivity index (χ4n) is 1.39. The fraction of sp³-hybridized carbons (Fsp3) is 0.286. The number of allylic oxidation sites excluding steroid dienone is 2. The van der Waals surface area contributed by atoms with Gasteiger partial charge < -0.3 is 14.9 Å². The van der Waals surface area contributed by atoms with E-state index in [0.717, 1.165) is 30.6 Å². The Morgan fingerprint density at radius 1 is 1.35 bits per heavy atom. The van der Waals surface area contributed by atoms with E-state index in [0.29, 0.717) is 0 Å². The number of phenolic OH excluding ortho intramolecular Hbond substituents is 2. The molecule has 0 aliphatic carbocycles. The third kappa shape index (κ3) is 4.74. The average molecular weight is 234 g/mol. The summed E-state index contributed by atoms with van der Waals surface area (Å²) in [5, 5.41) is 18.5. The molecule has 0 unspecified atom stereocenters. The molecule has 0 aromatic heterocycles. The van der Waals surface area contributed by atoms with Gasteiger partial charge in [-0.2, -0.15) is 0 Å². The van der Waals surface area contributed by atoms with Gasteiger partial charge in [0.25, 0.3) is 0 Å². The summed E-state index contributed by atoms with van der Waals surface area (Å²) in [7, 11) is 1.68. The quantitative estimate of drug-likeness (QED) is 0.452. The lowest BCUT2D eigenvalue weighted by atomic mass is 10.1. The molecule has 0 aliphatic rings. The first-order valence-corrected chi connectivity index (χ1v) is 5.50. The largest absolute Gasteiger partial charge is 0.504 e. The third-order valence-electron chi connectivity index (χ3n) is 2.36. The van der Waals surface area contributed by atoms with Gasteiger partial charge in [0.05, 0.1) is 0 Å². The van der Waals surface area contributed by atoms with E-state index in [-0.39, 0.29) is 11.5 Å². The predicted octanol–water partition coefficient (Wildman–Crippen LogP) is 3.09. The Bertz CT molecular complexity index is 408. The smallest absolute Gasteiger partial charge is 0.157 e. The minimum absolute atomic E-state index is 0.110. The lowest BCUT2D eigenvalue weighted by molar-refractivity contribution is 0.195. The monoisotopic (exact) mass is 234 g/mol. The third-order valence-corrected chi connectivity index (χ3v) is 2.36. The molecule has 92 valence electrons. The van der Waals surface area contributed by atoms with Crippen molar-refractivity contribution in [3.63, 3.8) is 0 Å². The molecule has 3 heteroatoms. The van der Waals surface area contributed by atoms with Crippen molar-refractivity contribution in [2.75, 3.05) is 13.7 Å². The Morgan fingerprint density at radius 3 is 2.76 bits per heavy atom. The number of rotatable bonds is 6. The van der Waals surface area contributed by atoms with E-state index in [1.807, 2.05) is 12.2 Å². The molecule has 0 amide bonds. The molecule has 2 N–H and O–H groups in total. The van der Waals surface area contributed by atoms with E-state index in [1.165, 1.54) is 12.1 Å². The van der Waals surface area contributed by atoms with Crippen LogP contribution in [0.5, 0.6) is 11.5 Å². The summed E-state index contributed by atoms with van der Waals surface area (Å²) in [6, 6.07) is 4.70. The minimum Gasteiger partial charge on any atom is -0.504 e. The lowest BCUT2D eigenvalue weighted by Gasteiger charge is -2.01. The van der Waals surface area contributed by atoms with Gasteiger partial charge in [-0.05, 0) is 30.5 Å². The van der Waals surface area contributed by atoms with Gasteiger partial charge in [0.15, 0.2) is 11.5 Å². The van der Waals surface area contributed by atoms with Crippen molar-refractivity contribution in [2.45, 2.75) is 12.8 Å². The topological polar surface area (TPSA) is 49.7 Å². The molecule has 1 aromatic rings. The highest BCUT2D eigenvalue weighted by Gasteiger charge is 1.97. The molecule has 17 heavy (non-hydrogen) atoms. The normalized spacial score (nSPS) is 10.9. The summed E-state index contributed by atoms with van der Waals surface area (Å²) in [4.78, 5) is 0. The van der Waals surface area contributed by atoms with Crippen LogP contribution in [0.4, 0.5) is 0 Å². The molecule has 1 rings (SSSR count). The summed E-state index contributed by atoms with van der Waals surface area (Å²) in [6.45, 7) is 4.66. The van der Waals surface area contributed by atoms with Crippen molar-refractivity contribution in [3.05, 3.63) is 42.0 Å². The van der Waals surface area contributed by atoms with E-state index < -0.39 is 0 Å². The van der Waals surface area contributed by atoms with Gasteiger partial charge in [-0.3, -0.25) is 0 Å². The molecule has 3 nitrogen and oxygen atoms in total. The maximum absolute atomic E-state index is 9.32. The molecule has 0 fully saturated rings. The molecule has 0 saturated carbocycles. The molecular formula is C14H18O3. The summed E-state index contributed by atoms with van der Waals surface area (Å²) >= 11 is 0. The second kappa shape index (κ2) is 6.76. The molecule has 0 heterocycles. The van der Waals surface area contributed by atoms with E-state index in [4.69, 9.17) is 9.84 Å². The van der Waals surface area contributed by atoms with Crippen LogP contribution in [0.15, 0.2) is 36.4 Å². The Morgan fingerprint density at radius 2 is 2.12 bits per heavy atom. The first-order valence-electron chi connectivity index (χ1n) is 5.50. The molecule has 0 bridgehead atoms. The molecular weight excluding hydrogens is 216 g/mol. The molecule has 1 aromatic carbocycles. The number of ether oxygens (including phenoxy) is 1. The molecule has 0 aliphatic heterocycles. The number of aromatic hydroxyl groups is 2. The standard InChI is InChI=1S/C14H18O3/c1-11(4-3-9-17-2)5-6-12-7-8-13(15)14(16)10-12/h5-8,10,15-16H,1,3-4,9H2,2H3/b6-5+. The van der Waals surface area contributed by atoms with Crippen LogP contribution < -0.4 is 0 Å². The van der Waals surface area contributed by atoms with Crippen molar-refractivity contribution in [3.8, 4) is 11.5 Å². The highest BCUT2D eigenvalue weighted by Crippen LogP contribution is 2.25. The Balaban J connectivity index is 2.52. The van der Waals surface area contributed by atoms with Crippen LogP contribution in [-0.4, -0.2) is 23.9 Å². The number of hydrogen-bond acceptors (Lipinski definition) is 3. The van der Waals surface area contributed by atoms with Crippen molar-refractivity contribution >= 4 is 6.08 Å². The first kappa shape index (κ1) is 13.3. The Labute approximate surface area is 102 Å². The lowest BCUT2D eigenvalue weighted by Crippen LogP contribution is -1.88. The summed E-state index contributed by atoms with van der Waals surface area (Å²) in [6.07, 6.45) is 5.59. The zero-order chi connectivity index (χ0) is 12.7. The van der Waals surface area contributed by atoms with Gasteiger partial charge in [0.2, 0.25) is 0 Å². The fourth-order valence-corrected chi connectivity index (χ4v) is 1.39. The van der Waals surface area contributed by atoms with Gasteiger partial charge in [0, 0.05) is 13.7 Å². The number of methoxy groups -OCH3 is 1. The van der Waals surface area contributed by atoms with E-state index in [9.17, 15) is 5.11 Å². The van der Waals surface area contributed by atoms with Crippen LogP contribution in [0, 0.1) is 0 Å². The molecule has 0 spiro atoms. The second-order valence-electron chi connectivity index (χ2n) is 3.84. The maximum atomic E-state index is 9.32. The summed E-state index contributed by atoms with van der Waals surface area (Å²) < 4.78 is 4.96. The van der Waals surface area contributed by atoms with Crippen molar-refractivity contribution in [1.82, 2.24) is 0 Å². The molecule has 0 radical (unpaired) electrons. The van der Waals surface area contributed by atoms with Gasteiger partial charge in [-0.1, -0.05) is 30.4 Å². The SMILES string of the molecule is C=C(/C=C/c1ccc(O)c(O)c1)CCCOC. The van der Waals surface area contributed by atoms with Gasteiger partial charge in [0.1, 0.15) is 0 Å². The van der Waals surface area contributed by atoms with Crippen LogP contribution in [-0.2, 0) is 4.74 Å². The number of phenols is 2.